The van der Waals surface area contributed by atoms with Gasteiger partial charge >= 0.3 is 0 Å². The van der Waals surface area contributed by atoms with E-state index in [1.54, 1.807) is 7.11 Å². The number of methoxy groups -OCH3 is 1. The number of nitrogens with zero attached hydrogens (tertiary/aromatic N) is 1. The lowest BCUT2D eigenvalue weighted by Gasteiger charge is -2.16. The van der Waals surface area contributed by atoms with Crippen molar-refractivity contribution >= 4 is 28.2 Å². The van der Waals surface area contributed by atoms with Crippen LogP contribution in [-0.4, -0.2) is 19.1 Å². The second-order valence-corrected chi connectivity index (χ2v) is 5.71. The molecule has 0 aliphatic heterocycles. The van der Waals surface area contributed by atoms with Crippen LogP contribution in [0.1, 0.15) is 37.3 Å². The van der Waals surface area contributed by atoms with Gasteiger partial charge in [0.25, 0.3) is 0 Å². The van der Waals surface area contributed by atoms with Crippen molar-refractivity contribution in [3.05, 3.63) is 28.9 Å². The third-order valence-corrected chi connectivity index (χ3v) is 4.47. The SMILES string of the molecule is CNc1cc(C2CCCC2)nc2c(OC)ccc(Cl)c12. The zero-order valence-corrected chi connectivity index (χ0v) is 12.6. The van der Waals surface area contributed by atoms with Crippen molar-refractivity contribution in [2.75, 3.05) is 19.5 Å². The number of hydrogen-bond donors (Lipinski definition) is 1. The predicted molar refractivity (Wildman–Crippen MR) is 84.1 cm³/mol. The van der Waals surface area contributed by atoms with Crippen molar-refractivity contribution in [2.24, 2.45) is 0 Å². The highest BCUT2D eigenvalue weighted by atomic mass is 35.5. The zero-order valence-electron chi connectivity index (χ0n) is 11.9. The number of benzene rings is 1. The number of anilines is 1. The van der Waals surface area contributed by atoms with E-state index in [4.69, 9.17) is 21.3 Å². The molecule has 2 aromatic rings. The molecule has 1 heterocycles. The molecule has 1 N–H and O–H groups in total. The van der Waals surface area contributed by atoms with Crippen LogP contribution >= 0.6 is 11.6 Å². The summed E-state index contributed by atoms with van der Waals surface area (Å²) in [5.74, 6) is 1.34. The van der Waals surface area contributed by atoms with Crippen LogP contribution in [0.3, 0.4) is 0 Å². The van der Waals surface area contributed by atoms with Crippen LogP contribution in [-0.2, 0) is 0 Å². The van der Waals surface area contributed by atoms with Crippen LogP contribution in [0, 0.1) is 0 Å². The number of fused-ring (bicyclic) bond motifs is 1. The summed E-state index contributed by atoms with van der Waals surface area (Å²) in [6.07, 6.45) is 5.05. The monoisotopic (exact) mass is 290 g/mol. The summed E-state index contributed by atoms with van der Waals surface area (Å²) in [5, 5.41) is 4.89. The second-order valence-electron chi connectivity index (χ2n) is 5.30. The van der Waals surface area contributed by atoms with E-state index >= 15 is 0 Å². The first-order valence-corrected chi connectivity index (χ1v) is 7.47. The average Bonchev–Trinajstić information content (AvgIpc) is 3.01. The molecule has 1 aromatic carbocycles. The molecule has 0 saturated heterocycles. The fourth-order valence-electron chi connectivity index (χ4n) is 3.09. The van der Waals surface area contributed by atoms with Crippen LogP contribution in [0.4, 0.5) is 5.69 Å². The number of ether oxygens (including phenoxy) is 1. The van der Waals surface area contributed by atoms with Gasteiger partial charge in [-0.2, -0.15) is 0 Å². The van der Waals surface area contributed by atoms with E-state index in [9.17, 15) is 0 Å². The van der Waals surface area contributed by atoms with E-state index < -0.39 is 0 Å². The number of halogens is 1. The summed E-state index contributed by atoms with van der Waals surface area (Å²) >= 11 is 6.35. The van der Waals surface area contributed by atoms with E-state index in [1.165, 1.54) is 25.7 Å². The van der Waals surface area contributed by atoms with E-state index in [2.05, 4.69) is 11.4 Å². The molecule has 3 nitrogen and oxygen atoms in total. The minimum atomic E-state index is 0.565. The van der Waals surface area contributed by atoms with Crippen molar-refractivity contribution in [2.45, 2.75) is 31.6 Å². The highest BCUT2D eigenvalue weighted by Crippen LogP contribution is 2.40. The summed E-state index contributed by atoms with van der Waals surface area (Å²) in [6, 6.07) is 5.89. The molecule has 0 spiro atoms. The topological polar surface area (TPSA) is 34.2 Å². The van der Waals surface area contributed by atoms with Crippen molar-refractivity contribution in [3.63, 3.8) is 0 Å². The summed E-state index contributed by atoms with van der Waals surface area (Å²) in [7, 11) is 3.59. The lowest BCUT2D eigenvalue weighted by Crippen LogP contribution is -2.01. The molecule has 0 atom stereocenters. The van der Waals surface area contributed by atoms with Gasteiger partial charge in [-0.15, -0.1) is 0 Å². The van der Waals surface area contributed by atoms with Crippen LogP contribution in [0.15, 0.2) is 18.2 Å². The molecule has 20 heavy (non-hydrogen) atoms. The van der Waals surface area contributed by atoms with Crippen molar-refractivity contribution in [3.8, 4) is 5.75 Å². The maximum atomic E-state index is 6.35. The fraction of sp³-hybridized carbons (Fsp3) is 0.438. The Morgan fingerprint density at radius 2 is 2.05 bits per heavy atom. The van der Waals surface area contributed by atoms with Gasteiger partial charge in [0.15, 0.2) is 0 Å². The van der Waals surface area contributed by atoms with Crippen molar-refractivity contribution in [1.82, 2.24) is 4.98 Å². The van der Waals surface area contributed by atoms with Crippen LogP contribution in [0.2, 0.25) is 5.02 Å². The summed E-state index contributed by atoms with van der Waals surface area (Å²) in [5.41, 5.74) is 3.04. The standard InChI is InChI=1S/C16H19ClN2O/c1-18-13-9-12(10-5-3-4-6-10)19-16-14(20-2)8-7-11(17)15(13)16/h7-10H,3-6H2,1-2H3,(H,18,19). The number of rotatable bonds is 3. The molecule has 4 heteroatoms. The van der Waals surface area contributed by atoms with Crippen LogP contribution in [0.5, 0.6) is 5.75 Å². The van der Waals surface area contributed by atoms with Crippen LogP contribution < -0.4 is 10.1 Å². The molecular weight excluding hydrogens is 272 g/mol. The van der Waals surface area contributed by atoms with E-state index in [-0.39, 0.29) is 0 Å². The van der Waals surface area contributed by atoms with E-state index in [0.717, 1.165) is 28.0 Å². The molecule has 0 amide bonds. The van der Waals surface area contributed by atoms with E-state index in [0.29, 0.717) is 10.9 Å². The molecule has 0 unspecified atom stereocenters. The lowest BCUT2D eigenvalue weighted by molar-refractivity contribution is 0.418. The fourth-order valence-corrected chi connectivity index (χ4v) is 3.34. The summed E-state index contributed by atoms with van der Waals surface area (Å²) < 4.78 is 5.45. The van der Waals surface area contributed by atoms with Crippen LogP contribution in [0.25, 0.3) is 10.9 Å². The predicted octanol–water partition coefficient (Wildman–Crippen LogP) is 4.60. The first-order valence-electron chi connectivity index (χ1n) is 7.09. The molecule has 1 aromatic heterocycles. The maximum absolute atomic E-state index is 6.35. The average molecular weight is 291 g/mol. The van der Waals surface area contributed by atoms with Gasteiger partial charge in [-0.1, -0.05) is 24.4 Å². The Morgan fingerprint density at radius 3 is 2.70 bits per heavy atom. The highest BCUT2D eigenvalue weighted by molar-refractivity contribution is 6.36. The Hall–Kier alpha value is -1.48. The number of nitrogens with one attached hydrogen (secondary N) is 1. The van der Waals surface area contributed by atoms with Crippen molar-refractivity contribution < 1.29 is 4.74 Å². The highest BCUT2D eigenvalue weighted by Gasteiger charge is 2.21. The van der Waals surface area contributed by atoms with Crippen molar-refractivity contribution in [1.29, 1.82) is 0 Å². The van der Waals surface area contributed by atoms with Gasteiger partial charge in [-0.05, 0) is 31.0 Å². The van der Waals surface area contributed by atoms with Gasteiger partial charge in [0, 0.05) is 29.7 Å². The molecule has 0 radical (unpaired) electrons. The van der Waals surface area contributed by atoms with Gasteiger partial charge in [-0.3, -0.25) is 0 Å². The normalized spacial score (nSPS) is 15.8. The maximum Gasteiger partial charge on any atom is 0.145 e. The Morgan fingerprint density at radius 1 is 1.30 bits per heavy atom. The third-order valence-electron chi connectivity index (χ3n) is 4.16. The first-order chi connectivity index (χ1) is 9.74. The van der Waals surface area contributed by atoms with E-state index in [1.807, 2.05) is 19.2 Å². The molecular formula is C16H19ClN2O. The minimum absolute atomic E-state index is 0.565. The number of hydrogen-bond acceptors (Lipinski definition) is 3. The molecule has 1 aliphatic carbocycles. The Kier molecular flexibility index (Phi) is 3.70. The molecule has 0 bridgehead atoms. The van der Waals surface area contributed by atoms with Gasteiger partial charge < -0.3 is 10.1 Å². The number of aromatic nitrogens is 1. The lowest BCUT2D eigenvalue weighted by atomic mass is 10.0. The third kappa shape index (κ3) is 2.20. The summed E-state index contributed by atoms with van der Waals surface area (Å²) in [4.78, 5) is 4.85. The molecule has 3 rings (SSSR count). The second kappa shape index (κ2) is 5.49. The summed E-state index contributed by atoms with van der Waals surface area (Å²) in [6.45, 7) is 0. The Labute approximate surface area is 124 Å². The minimum Gasteiger partial charge on any atom is -0.494 e. The smallest absolute Gasteiger partial charge is 0.145 e. The van der Waals surface area contributed by atoms with Gasteiger partial charge in [0.1, 0.15) is 11.3 Å². The van der Waals surface area contributed by atoms with Gasteiger partial charge in [0.2, 0.25) is 0 Å². The first kappa shape index (κ1) is 13.5. The Bertz CT molecular complexity index is 636. The van der Waals surface area contributed by atoms with Gasteiger partial charge in [0.05, 0.1) is 12.1 Å². The number of pyridine rings is 1. The molecule has 1 saturated carbocycles. The zero-order chi connectivity index (χ0) is 14.1. The molecule has 1 aliphatic rings. The Balaban J connectivity index is 2.25. The van der Waals surface area contributed by atoms with Gasteiger partial charge in [-0.25, -0.2) is 4.98 Å². The largest absolute Gasteiger partial charge is 0.494 e. The molecule has 106 valence electrons. The quantitative estimate of drug-likeness (QED) is 0.897. The molecule has 1 fully saturated rings.